The van der Waals surface area contributed by atoms with Gasteiger partial charge in [-0.2, -0.15) is 0 Å². The van der Waals surface area contributed by atoms with Gasteiger partial charge in [0.25, 0.3) is 0 Å². The predicted octanol–water partition coefficient (Wildman–Crippen LogP) is 5.03. The van der Waals surface area contributed by atoms with Crippen molar-refractivity contribution in [2.24, 2.45) is 0 Å². The number of para-hydroxylation sites is 1. The number of esters is 1. The van der Waals surface area contributed by atoms with Crippen LogP contribution in [0.2, 0.25) is 0 Å². The Morgan fingerprint density at radius 3 is 2.35 bits per heavy atom. The Morgan fingerprint density at radius 1 is 1.00 bits per heavy atom. The van der Waals surface area contributed by atoms with Crippen LogP contribution in [-0.4, -0.2) is 5.97 Å². The van der Waals surface area contributed by atoms with Crippen molar-refractivity contribution in [3.63, 3.8) is 0 Å². The second kappa shape index (κ2) is 6.36. The summed E-state index contributed by atoms with van der Waals surface area (Å²) in [7, 11) is 0. The number of aryl methyl sites for hydroxylation is 1. The fourth-order valence-corrected chi connectivity index (χ4v) is 2.43. The maximum atomic E-state index is 11.6. The number of ether oxygens (including phenoxy) is 2. The number of carbonyl (C=O) groups is 1. The minimum atomic E-state index is -0.477. The van der Waals surface area contributed by atoms with Crippen LogP contribution in [-0.2, 0) is 4.79 Å². The summed E-state index contributed by atoms with van der Waals surface area (Å²) in [5.41, 5.74) is 0.824. The molecule has 3 nitrogen and oxygen atoms in total. The smallest absolute Gasteiger partial charge is 0.335 e. The molecule has 0 spiro atoms. The molecule has 3 rings (SSSR count). The molecule has 0 fully saturated rings. The Kier molecular flexibility index (Phi) is 4.11. The van der Waals surface area contributed by atoms with Crippen LogP contribution in [0.5, 0.6) is 17.2 Å². The summed E-state index contributed by atoms with van der Waals surface area (Å²) in [6.45, 7) is 5.33. The van der Waals surface area contributed by atoms with E-state index >= 15 is 0 Å². The van der Waals surface area contributed by atoms with Gasteiger partial charge in [0.15, 0.2) is 0 Å². The second-order valence-corrected chi connectivity index (χ2v) is 5.11. The molecule has 0 saturated heterocycles. The van der Waals surface area contributed by atoms with Gasteiger partial charge in [-0.15, -0.1) is 0 Å². The number of benzene rings is 3. The van der Waals surface area contributed by atoms with Gasteiger partial charge in [0.1, 0.15) is 17.2 Å². The average Bonchev–Trinajstić information content (AvgIpc) is 2.59. The van der Waals surface area contributed by atoms with Gasteiger partial charge in [-0.05, 0) is 30.7 Å². The maximum absolute atomic E-state index is 11.6. The van der Waals surface area contributed by atoms with Gasteiger partial charge in [-0.1, -0.05) is 49.0 Å². The zero-order valence-corrected chi connectivity index (χ0v) is 12.8. The normalized spacial score (nSPS) is 10.3. The van der Waals surface area contributed by atoms with Crippen LogP contribution >= 0.6 is 0 Å². The molecule has 0 N–H and O–H groups in total. The van der Waals surface area contributed by atoms with Crippen LogP contribution in [0.25, 0.3) is 10.8 Å². The summed E-state index contributed by atoms with van der Waals surface area (Å²) < 4.78 is 11.4. The van der Waals surface area contributed by atoms with Crippen LogP contribution in [0, 0.1) is 6.92 Å². The summed E-state index contributed by atoms with van der Waals surface area (Å²) in [6.07, 6.45) is 1.16. The molecule has 0 saturated carbocycles. The Morgan fingerprint density at radius 2 is 1.65 bits per heavy atom. The van der Waals surface area contributed by atoms with Crippen LogP contribution in [0.3, 0.4) is 0 Å². The van der Waals surface area contributed by atoms with Crippen molar-refractivity contribution in [3.05, 3.63) is 78.9 Å². The lowest BCUT2D eigenvalue weighted by Gasteiger charge is -2.14. The first kappa shape index (κ1) is 14.9. The Balaban J connectivity index is 2.12. The highest BCUT2D eigenvalue weighted by atomic mass is 16.5. The van der Waals surface area contributed by atoms with Crippen molar-refractivity contribution in [1.82, 2.24) is 0 Å². The van der Waals surface area contributed by atoms with E-state index in [0.29, 0.717) is 5.75 Å². The quantitative estimate of drug-likeness (QED) is 0.385. The highest BCUT2D eigenvalue weighted by Gasteiger charge is 2.14. The van der Waals surface area contributed by atoms with Gasteiger partial charge < -0.3 is 9.47 Å². The van der Waals surface area contributed by atoms with Gasteiger partial charge in [-0.25, -0.2) is 4.79 Å². The molecule has 3 aromatic rings. The van der Waals surface area contributed by atoms with Crippen molar-refractivity contribution in [2.75, 3.05) is 0 Å². The van der Waals surface area contributed by atoms with E-state index in [1.54, 1.807) is 0 Å². The van der Waals surface area contributed by atoms with Crippen molar-refractivity contribution >= 4 is 16.7 Å². The highest BCUT2D eigenvalue weighted by molar-refractivity contribution is 5.97. The number of hydrogen-bond donors (Lipinski definition) is 0. The molecular weight excluding hydrogens is 288 g/mol. The van der Waals surface area contributed by atoms with Gasteiger partial charge in [0.2, 0.25) is 0 Å². The molecule has 0 heterocycles. The number of carbonyl (C=O) groups excluding carboxylic acids is 1. The van der Waals surface area contributed by atoms with Crippen molar-refractivity contribution in [2.45, 2.75) is 6.92 Å². The van der Waals surface area contributed by atoms with E-state index < -0.39 is 5.97 Å². The number of fused-ring (bicyclic) bond motifs is 1. The molecule has 0 bridgehead atoms. The molecule has 23 heavy (non-hydrogen) atoms. The molecule has 0 aliphatic heterocycles. The van der Waals surface area contributed by atoms with Gasteiger partial charge >= 0.3 is 5.97 Å². The monoisotopic (exact) mass is 304 g/mol. The summed E-state index contributed by atoms with van der Waals surface area (Å²) in [4.78, 5) is 11.6. The first-order valence-corrected chi connectivity index (χ1v) is 7.28. The van der Waals surface area contributed by atoms with Crippen LogP contribution in [0.15, 0.2) is 73.3 Å². The highest BCUT2D eigenvalue weighted by Crippen LogP contribution is 2.38. The first-order chi connectivity index (χ1) is 11.2. The van der Waals surface area contributed by atoms with Gasteiger partial charge in [0, 0.05) is 16.8 Å². The molecule has 3 heteroatoms. The zero-order valence-electron chi connectivity index (χ0n) is 12.8. The van der Waals surface area contributed by atoms with E-state index in [-0.39, 0.29) is 0 Å². The molecule has 0 atom stereocenters. The van der Waals surface area contributed by atoms with Crippen LogP contribution in [0.1, 0.15) is 5.56 Å². The van der Waals surface area contributed by atoms with Crippen molar-refractivity contribution < 1.29 is 14.3 Å². The molecule has 0 radical (unpaired) electrons. The van der Waals surface area contributed by atoms with Crippen LogP contribution in [0.4, 0.5) is 0 Å². The van der Waals surface area contributed by atoms with E-state index in [1.807, 2.05) is 67.6 Å². The fourth-order valence-electron chi connectivity index (χ4n) is 2.43. The predicted molar refractivity (Wildman–Crippen MR) is 91.0 cm³/mol. The largest absolute Gasteiger partial charge is 0.457 e. The maximum Gasteiger partial charge on any atom is 0.335 e. The third-order valence-corrected chi connectivity index (χ3v) is 3.48. The summed E-state index contributed by atoms with van der Waals surface area (Å²) in [5, 5.41) is 1.71. The SMILES string of the molecule is C=CC(=O)Oc1c(C)cc(Oc2ccccc2)c2ccccc12. The van der Waals surface area contributed by atoms with E-state index in [4.69, 9.17) is 9.47 Å². The molecule has 0 aliphatic rings. The Hall–Kier alpha value is -3.07. The second-order valence-electron chi connectivity index (χ2n) is 5.11. The first-order valence-electron chi connectivity index (χ1n) is 7.28. The van der Waals surface area contributed by atoms with E-state index in [0.717, 1.165) is 33.9 Å². The van der Waals surface area contributed by atoms with Gasteiger partial charge in [-0.3, -0.25) is 0 Å². The molecule has 0 aliphatic carbocycles. The van der Waals surface area contributed by atoms with E-state index in [9.17, 15) is 4.79 Å². The van der Waals surface area contributed by atoms with E-state index in [2.05, 4.69) is 6.58 Å². The molecule has 3 aromatic carbocycles. The summed E-state index contributed by atoms with van der Waals surface area (Å²) >= 11 is 0. The fraction of sp³-hybridized carbons (Fsp3) is 0.0500. The molecular formula is C20H16O3. The molecule has 0 aromatic heterocycles. The van der Waals surface area contributed by atoms with Gasteiger partial charge in [0.05, 0.1) is 0 Å². The molecule has 114 valence electrons. The Bertz CT molecular complexity index is 867. The summed E-state index contributed by atoms with van der Waals surface area (Å²) in [6, 6.07) is 19.1. The van der Waals surface area contributed by atoms with E-state index in [1.165, 1.54) is 0 Å². The van der Waals surface area contributed by atoms with Crippen LogP contribution < -0.4 is 9.47 Å². The zero-order chi connectivity index (χ0) is 16.2. The lowest BCUT2D eigenvalue weighted by Crippen LogP contribution is -2.05. The average molecular weight is 304 g/mol. The lowest BCUT2D eigenvalue weighted by atomic mass is 10.0. The summed E-state index contributed by atoms with van der Waals surface area (Å²) in [5.74, 6) is 1.54. The lowest BCUT2D eigenvalue weighted by molar-refractivity contribution is -0.128. The standard InChI is InChI=1S/C20H16O3/c1-3-19(21)23-20-14(2)13-18(16-11-7-8-12-17(16)20)22-15-9-5-4-6-10-15/h3-13H,1H2,2H3. The topological polar surface area (TPSA) is 35.5 Å². The minimum absolute atomic E-state index is 0.477. The molecule has 0 amide bonds. The van der Waals surface area contributed by atoms with Crippen molar-refractivity contribution in [1.29, 1.82) is 0 Å². The Labute approximate surface area is 134 Å². The number of rotatable bonds is 4. The molecule has 0 unspecified atom stereocenters. The van der Waals surface area contributed by atoms with Crippen molar-refractivity contribution in [3.8, 4) is 17.2 Å². The third-order valence-electron chi connectivity index (χ3n) is 3.48. The number of hydrogen-bond acceptors (Lipinski definition) is 3. The minimum Gasteiger partial charge on any atom is -0.457 e. The third kappa shape index (κ3) is 3.09.